The van der Waals surface area contributed by atoms with Crippen LogP contribution in [-0.4, -0.2) is 39.9 Å². The van der Waals surface area contributed by atoms with E-state index >= 15 is 0 Å². The topological polar surface area (TPSA) is 110 Å². The lowest BCUT2D eigenvalue weighted by Gasteiger charge is -2.32. The smallest absolute Gasteiger partial charge is 0.116 e. The van der Waals surface area contributed by atoms with Crippen molar-refractivity contribution in [3.05, 3.63) is 170 Å². The highest BCUT2D eigenvalue weighted by molar-refractivity contribution is 6.30. The van der Waals surface area contributed by atoms with Crippen LogP contribution in [0, 0.1) is 0 Å². The first-order chi connectivity index (χ1) is 31.4. The summed E-state index contributed by atoms with van der Waals surface area (Å²) in [4.78, 5) is 41.9. The first-order valence-electron chi connectivity index (χ1n) is 21.6. The van der Waals surface area contributed by atoms with Crippen molar-refractivity contribution in [2.75, 3.05) is 9.80 Å². The van der Waals surface area contributed by atoms with Gasteiger partial charge in [0.05, 0.1) is 56.2 Å². The van der Waals surface area contributed by atoms with Crippen molar-refractivity contribution in [2.45, 2.75) is 39.5 Å². The normalized spacial score (nSPS) is 12.0. The van der Waals surface area contributed by atoms with Gasteiger partial charge in [0, 0.05) is 57.1 Å². The average Bonchev–Trinajstić information content (AvgIpc) is 3.34. The van der Waals surface area contributed by atoms with Crippen molar-refractivity contribution in [1.82, 2.24) is 39.9 Å². The summed E-state index contributed by atoms with van der Waals surface area (Å²) >= 11 is 0. The van der Waals surface area contributed by atoms with Crippen molar-refractivity contribution >= 4 is 110 Å². The van der Waals surface area contributed by atoms with E-state index in [9.17, 15) is 0 Å². The molecule has 0 saturated heterocycles. The highest BCUT2D eigenvalue weighted by Gasteiger charge is 2.28. The van der Waals surface area contributed by atoms with Crippen LogP contribution in [0.25, 0.3) is 75.9 Å². The lowest BCUT2D eigenvalue weighted by molar-refractivity contribution is 0.875. The minimum atomic E-state index is 0.195. The van der Waals surface area contributed by atoms with Gasteiger partial charge >= 0.3 is 0 Å². The summed E-state index contributed by atoms with van der Waals surface area (Å²) in [5.41, 5.74) is 11.7. The van der Waals surface area contributed by atoms with E-state index in [4.69, 9.17) is 19.9 Å². The van der Waals surface area contributed by atoms with Gasteiger partial charge in [0.1, 0.15) is 25.3 Å². The first kappa shape index (κ1) is 37.5. The molecule has 0 unspecified atom stereocenters. The van der Waals surface area contributed by atoms with Crippen LogP contribution in [-0.2, 0) is 0 Å². The second-order valence-corrected chi connectivity index (χ2v) is 17.0. The predicted molar refractivity (Wildman–Crippen MR) is 260 cm³/mol. The fourth-order valence-corrected chi connectivity index (χ4v) is 9.83. The molecule has 12 aromatic rings. The molecule has 0 amide bonds. The van der Waals surface area contributed by atoms with Gasteiger partial charge in [0.25, 0.3) is 0 Å². The largest absolute Gasteiger partial charge is 0.305 e. The van der Waals surface area contributed by atoms with Gasteiger partial charge in [-0.2, -0.15) is 0 Å². The molecular weight excluding hydrogens is 789 g/mol. The molecule has 306 valence electrons. The van der Waals surface area contributed by atoms with Gasteiger partial charge in [-0.15, -0.1) is 0 Å². The molecule has 8 aromatic carbocycles. The summed E-state index contributed by atoms with van der Waals surface area (Å²) in [7, 11) is 0. The number of rotatable bonds is 8. The number of anilines is 6. The third-order valence-corrected chi connectivity index (χ3v) is 12.7. The molecule has 4 aromatic heterocycles. The van der Waals surface area contributed by atoms with Gasteiger partial charge in [-0.05, 0) is 80.9 Å². The summed E-state index contributed by atoms with van der Waals surface area (Å²) in [6.45, 7) is 9.14. The second-order valence-electron chi connectivity index (χ2n) is 17.0. The van der Waals surface area contributed by atoms with Crippen molar-refractivity contribution in [3.8, 4) is 0 Å². The Morgan fingerprint density at radius 2 is 0.641 bits per heavy atom. The second kappa shape index (κ2) is 14.7. The number of aromatic nitrogens is 8. The maximum atomic E-state index is 4.91. The fraction of sp³-hybridized carbons (Fsp3) is 0.111. The third kappa shape index (κ3) is 5.72. The van der Waals surface area contributed by atoms with Crippen molar-refractivity contribution in [1.29, 1.82) is 0 Å². The number of fused-ring (bicyclic) bond motifs is 4. The van der Waals surface area contributed by atoms with Gasteiger partial charge in [-0.1, -0.05) is 100 Å². The van der Waals surface area contributed by atoms with E-state index in [0.717, 1.165) is 88.5 Å². The number of hydrogen-bond donors (Lipinski definition) is 0. The Hall–Kier alpha value is -8.24. The third-order valence-electron chi connectivity index (χ3n) is 12.7. The van der Waals surface area contributed by atoms with Crippen LogP contribution in [0.15, 0.2) is 159 Å². The molecule has 0 radical (unpaired) electrons. The molecule has 10 heteroatoms. The van der Waals surface area contributed by atoms with Crippen LogP contribution in [0.5, 0.6) is 0 Å². The number of para-hydroxylation sites is 4. The van der Waals surface area contributed by atoms with E-state index in [1.807, 2.05) is 24.8 Å². The van der Waals surface area contributed by atoms with Crippen LogP contribution in [0.1, 0.15) is 50.7 Å². The van der Waals surface area contributed by atoms with E-state index in [-0.39, 0.29) is 11.8 Å². The van der Waals surface area contributed by atoms with Crippen LogP contribution >= 0.6 is 0 Å². The van der Waals surface area contributed by atoms with Crippen LogP contribution in [0.4, 0.5) is 34.1 Å². The molecule has 0 saturated carbocycles. The van der Waals surface area contributed by atoms with Crippen molar-refractivity contribution < 1.29 is 0 Å². The quantitative estimate of drug-likeness (QED) is 0.137. The Labute approximate surface area is 368 Å². The summed E-state index contributed by atoms with van der Waals surface area (Å²) in [6, 6.07) is 39.3. The molecule has 0 aliphatic rings. The first-order valence-corrected chi connectivity index (χ1v) is 21.6. The van der Waals surface area contributed by atoms with E-state index in [1.165, 1.54) is 32.7 Å². The molecule has 0 spiro atoms. The Kier molecular flexibility index (Phi) is 8.62. The molecule has 0 aliphatic carbocycles. The van der Waals surface area contributed by atoms with Crippen molar-refractivity contribution in [3.63, 3.8) is 0 Å². The van der Waals surface area contributed by atoms with E-state index in [2.05, 4.69) is 167 Å². The zero-order chi connectivity index (χ0) is 43.1. The van der Waals surface area contributed by atoms with Gasteiger partial charge in [-0.3, -0.25) is 0 Å². The number of nitrogens with zero attached hydrogens (tertiary/aromatic N) is 10. The van der Waals surface area contributed by atoms with Crippen molar-refractivity contribution in [2.24, 2.45) is 0 Å². The van der Waals surface area contributed by atoms with Crippen LogP contribution in [0.3, 0.4) is 0 Å². The molecule has 0 N–H and O–H groups in total. The maximum absolute atomic E-state index is 4.91. The molecule has 64 heavy (non-hydrogen) atoms. The SMILES string of the molecule is CC(C)c1cc(N(c2cccc3cncnc23)c2cccc3cncnc23)c2ccc3c(C(C)C)cc(N(c4cccc5cncnc45)c4cccc5cncnc45)c4ccc1c2c34. The summed E-state index contributed by atoms with van der Waals surface area (Å²) in [5.74, 6) is 0.391. The Balaban J connectivity index is 1.24. The molecular formula is C54H40N10. The Morgan fingerprint density at radius 3 is 0.938 bits per heavy atom. The van der Waals surface area contributed by atoms with Gasteiger partial charge < -0.3 is 9.80 Å². The van der Waals surface area contributed by atoms with Crippen LogP contribution in [0.2, 0.25) is 0 Å². The number of hydrogen-bond acceptors (Lipinski definition) is 10. The molecule has 0 bridgehead atoms. The molecule has 10 nitrogen and oxygen atoms in total. The monoisotopic (exact) mass is 828 g/mol. The van der Waals surface area contributed by atoms with Gasteiger partial charge in [0.2, 0.25) is 0 Å². The molecule has 4 heterocycles. The lowest BCUT2D eigenvalue weighted by atomic mass is 9.84. The van der Waals surface area contributed by atoms with E-state index in [1.54, 1.807) is 25.3 Å². The minimum Gasteiger partial charge on any atom is -0.305 e. The fourth-order valence-electron chi connectivity index (χ4n) is 9.83. The standard InChI is InChI=1S/C54H40N10/c1-31(2)41-21-47(63(43-13-5-9-33-23-55-27-59-51(33)43)44-14-6-10-34-24-56-28-60-52(34)44)39-20-18-38-42(32(3)4)22-48(40-19-17-37(41)49(39)50(38)40)64(45-15-7-11-35-25-57-29-61-53(35)45)46-16-8-12-36-26-58-30-62-54(36)46/h5-32H,1-4H3. The summed E-state index contributed by atoms with van der Waals surface area (Å²) in [6.07, 6.45) is 14.0. The summed E-state index contributed by atoms with van der Waals surface area (Å²) < 4.78 is 0. The number of benzene rings is 8. The maximum Gasteiger partial charge on any atom is 0.116 e. The molecule has 0 fully saturated rings. The average molecular weight is 829 g/mol. The summed E-state index contributed by atoms with van der Waals surface area (Å²) in [5, 5.41) is 10.9. The molecule has 12 rings (SSSR count). The highest BCUT2D eigenvalue weighted by atomic mass is 15.2. The predicted octanol–water partition coefficient (Wildman–Crippen LogP) is 13.5. The Bertz CT molecular complexity index is 3360. The lowest BCUT2D eigenvalue weighted by Crippen LogP contribution is -2.14. The molecule has 0 atom stereocenters. The molecule has 0 aliphatic heterocycles. The van der Waals surface area contributed by atoms with E-state index in [0.29, 0.717) is 0 Å². The minimum absolute atomic E-state index is 0.195. The van der Waals surface area contributed by atoms with Crippen LogP contribution < -0.4 is 9.80 Å². The zero-order valence-corrected chi connectivity index (χ0v) is 35.6. The van der Waals surface area contributed by atoms with E-state index < -0.39 is 0 Å². The van der Waals surface area contributed by atoms with Gasteiger partial charge in [0.15, 0.2) is 0 Å². The zero-order valence-electron chi connectivity index (χ0n) is 35.6. The Morgan fingerprint density at radius 1 is 0.344 bits per heavy atom. The van der Waals surface area contributed by atoms with Gasteiger partial charge in [-0.25, -0.2) is 39.9 Å². The highest BCUT2D eigenvalue weighted by Crippen LogP contribution is 2.52.